The Hall–Kier alpha value is -2.69. The molecular weight excluding hydrogens is 408 g/mol. The SMILES string of the molecule is COc1cnc(NC(=O)C2(c3ccccc3C(C)C)CN(S(N)(=O)=O)C2)c(OC)c1. The topological polar surface area (TPSA) is 124 Å². The molecule has 0 bridgehead atoms. The molecule has 30 heavy (non-hydrogen) atoms. The molecule has 1 saturated heterocycles. The Kier molecular flexibility index (Phi) is 6.02. The maximum atomic E-state index is 13.5. The molecule has 3 rings (SSSR count). The number of hydrogen-bond donors (Lipinski definition) is 2. The van der Waals surface area contributed by atoms with Crippen LogP contribution in [-0.4, -0.2) is 50.9 Å². The van der Waals surface area contributed by atoms with Gasteiger partial charge >= 0.3 is 0 Å². The molecule has 0 unspecified atom stereocenters. The number of nitrogens with two attached hydrogens (primary N) is 1. The number of aromatic nitrogens is 1. The lowest BCUT2D eigenvalue weighted by atomic mass is 9.71. The molecule has 3 N–H and O–H groups in total. The zero-order valence-corrected chi connectivity index (χ0v) is 18.2. The first-order valence-electron chi connectivity index (χ1n) is 9.39. The summed E-state index contributed by atoms with van der Waals surface area (Å²) in [5, 5.41) is 8.09. The fourth-order valence-corrected chi connectivity index (χ4v) is 4.42. The van der Waals surface area contributed by atoms with Gasteiger partial charge in [0.05, 0.1) is 20.4 Å². The molecule has 2 aromatic rings. The van der Waals surface area contributed by atoms with Gasteiger partial charge in [0.2, 0.25) is 5.91 Å². The number of anilines is 1. The summed E-state index contributed by atoms with van der Waals surface area (Å²) in [6.45, 7) is 3.93. The lowest BCUT2D eigenvalue weighted by molar-refractivity contribution is -0.125. The van der Waals surface area contributed by atoms with Crippen molar-refractivity contribution < 1.29 is 22.7 Å². The Bertz CT molecular complexity index is 1050. The zero-order chi connectivity index (χ0) is 22.1. The van der Waals surface area contributed by atoms with E-state index in [0.717, 1.165) is 15.4 Å². The highest BCUT2D eigenvalue weighted by molar-refractivity contribution is 7.86. The van der Waals surface area contributed by atoms with E-state index in [4.69, 9.17) is 14.6 Å². The van der Waals surface area contributed by atoms with Gasteiger partial charge in [-0.1, -0.05) is 38.1 Å². The minimum atomic E-state index is -3.91. The maximum Gasteiger partial charge on any atom is 0.276 e. The molecule has 0 aliphatic carbocycles. The van der Waals surface area contributed by atoms with Gasteiger partial charge in [0.1, 0.15) is 11.2 Å². The molecule has 9 nitrogen and oxygen atoms in total. The number of rotatable bonds is 7. The average Bonchev–Trinajstić information content (AvgIpc) is 2.66. The van der Waals surface area contributed by atoms with Crippen LogP contribution in [0.25, 0.3) is 0 Å². The molecule has 0 saturated carbocycles. The molecule has 0 radical (unpaired) electrons. The van der Waals surface area contributed by atoms with Crippen molar-refractivity contribution in [3.63, 3.8) is 0 Å². The van der Waals surface area contributed by atoms with Crippen molar-refractivity contribution in [1.29, 1.82) is 0 Å². The second-order valence-electron chi connectivity index (χ2n) is 7.52. The molecule has 0 spiro atoms. The van der Waals surface area contributed by atoms with Crippen molar-refractivity contribution in [1.82, 2.24) is 9.29 Å². The van der Waals surface area contributed by atoms with Crippen LogP contribution in [0.15, 0.2) is 36.5 Å². The van der Waals surface area contributed by atoms with E-state index in [1.54, 1.807) is 6.07 Å². The Morgan fingerprint density at radius 1 is 1.23 bits per heavy atom. The fourth-order valence-electron chi connectivity index (χ4n) is 3.62. The zero-order valence-electron chi connectivity index (χ0n) is 17.4. The molecule has 1 fully saturated rings. The monoisotopic (exact) mass is 434 g/mol. The van der Waals surface area contributed by atoms with Gasteiger partial charge in [0.25, 0.3) is 10.2 Å². The molecule has 1 aromatic heterocycles. The van der Waals surface area contributed by atoms with Crippen LogP contribution in [0.4, 0.5) is 5.82 Å². The summed E-state index contributed by atoms with van der Waals surface area (Å²) in [5.41, 5.74) is 0.640. The van der Waals surface area contributed by atoms with Gasteiger partial charge in [-0.15, -0.1) is 0 Å². The highest BCUT2D eigenvalue weighted by Gasteiger charge is 2.55. The first kappa shape index (κ1) is 22.0. The van der Waals surface area contributed by atoms with Crippen molar-refractivity contribution in [3.05, 3.63) is 47.7 Å². The van der Waals surface area contributed by atoms with Crippen LogP contribution in [0, 0.1) is 0 Å². The van der Waals surface area contributed by atoms with Gasteiger partial charge < -0.3 is 14.8 Å². The van der Waals surface area contributed by atoms with Crippen LogP contribution in [-0.2, 0) is 20.4 Å². The normalized spacial score (nSPS) is 16.1. The Morgan fingerprint density at radius 2 is 1.90 bits per heavy atom. The number of nitrogens with zero attached hydrogens (tertiary/aromatic N) is 2. The predicted octanol–water partition coefficient (Wildman–Crippen LogP) is 1.62. The van der Waals surface area contributed by atoms with E-state index < -0.39 is 15.6 Å². The molecule has 0 atom stereocenters. The van der Waals surface area contributed by atoms with Gasteiger partial charge in [-0.05, 0) is 17.0 Å². The van der Waals surface area contributed by atoms with E-state index in [9.17, 15) is 13.2 Å². The number of ether oxygens (including phenoxy) is 2. The van der Waals surface area contributed by atoms with Crippen molar-refractivity contribution in [2.24, 2.45) is 5.14 Å². The smallest absolute Gasteiger partial charge is 0.276 e. The second kappa shape index (κ2) is 8.21. The number of methoxy groups -OCH3 is 2. The first-order chi connectivity index (χ1) is 14.1. The van der Waals surface area contributed by atoms with Gasteiger partial charge in [0, 0.05) is 19.2 Å². The lowest BCUT2D eigenvalue weighted by Crippen LogP contribution is -2.67. The van der Waals surface area contributed by atoms with Gasteiger partial charge in [-0.2, -0.15) is 12.7 Å². The predicted molar refractivity (Wildman–Crippen MR) is 113 cm³/mol. The molecule has 1 aliphatic rings. The molecular formula is C20H26N4O5S. The van der Waals surface area contributed by atoms with Gasteiger partial charge in [0.15, 0.2) is 11.6 Å². The summed E-state index contributed by atoms with van der Waals surface area (Å²) in [6.07, 6.45) is 1.46. The molecule has 1 aliphatic heterocycles. The van der Waals surface area contributed by atoms with Crippen molar-refractivity contribution >= 4 is 21.9 Å². The van der Waals surface area contributed by atoms with Crippen LogP contribution >= 0.6 is 0 Å². The molecule has 1 aromatic carbocycles. The molecule has 162 valence electrons. The summed E-state index contributed by atoms with van der Waals surface area (Å²) in [6, 6.07) is 9.14. The minimum absolute atomic E-state index is 0.0557. The van der Waals surface area contributed by atoms with Crippen molar-refractivity contribution in [2.45, 2.75) is 25.2 Å². The van der Waals surface area contributed by atoms with E-state index in [1.807, 2.05) is 38.1 Å². The second-order valence-corrected chi connectivity index (χ2v) is 9.06. The third kappa shape index (κ3) is 3.98. The molecule has 10 heteroatoms. The minimum Gasteiger partial charge on any atom is -0.495 e. The summed E-state index contributed by atoms with van der Waals surface area (Å²) in [4.78, 5) is 17.7. The first-order valence-corrected chi connectivity index (χ1v) is 10.9. The van der Waals surface area contributed by atoms with Crippen LogP contribution in [0.5, 0.6) is 11.5 Å². The number of nitrogens with one attached hydrogen (secondary N) is 1. The van der Waals surface area contributed by atoms with Crippen LogP contribution in [0.3, 0.4) is 0 Å². The average molecular weight is 435 g/mol. The number of pyridine rings is 1. The number of amides is 1. The van der Waals surface area contributed by atoms with Crippen molar-refractivity contribution in [2.75, 3.05) is 32.6 Å². The van der Waals surface area contributed by atoms with Crippen LogP contribution in [0.2, 0.25) is 0 Å². The standard InChI is InChI=1S/C20H26N4O5S/c1-13(2)15-7-5-6-8-16(15)20(11-24(12-20)30(21,26)27)19(25)23-18-17(29-4)9-14(28-3)10-22-18/h5-10,13H,11-12H2,1-4H3,(H2,21,26,27)(H,22,23,25). The third-order valence-corrected chi connectivity index (χ3v) is 6.28. The molecule has 1 amide bonds. The van der Waals surface area contributed by atoms with E-state index in [2.05, 4.69) is 10.3 Å². The Morgan fingerprint density at radius 3 is 2.47 bits per heavy atom. The maximum absolute atomic E-state index is 13.5. The fraction of sp³-hybridized carbons (Fsp3) is 0.400. The van der Waals surface area contributed by atoms with Crippen LogP contribution in [0.1, 0.15) is 30.9 Å². The van der Waals surface area contributed by atoms with E-state index in [1.165, 1.54) is 20.4 Å². The summed E-state index contributed by atoms with van der Waals surface area (Å²) in [7, 11) is -0.947. The largest absolute Gasteiger partial charge is 0.495 e. The number of benzene rings is 1. The highest BCUT2D eigenvalue weighted by atomic mass is 32.2. The Labute approximate surface area is 176 Å². The van der Waals surface area contributed by atoms with Crippen LogP contribution < -0.4 is 19.9 Å². The van der Waals surface area contributed by atoms with E-state index >= 15 is 0 Å². The van der Waals surface area contributed by atoms with E-state index in [-0.39, 0.29) is 30.7 Å². The third-order valence-electron chi connectivity index (χ3n) is 5.30. The quantitative estimate of drug-likeness (QED) is 0.682. The van der Waals surface area contributed by atoms with Crippen molar-refractivity contribution in [3.8, 4) is 11.5 Å². The van der Waals surface area contributed by atoms with E-state index in [0.29, 0.717) is 11.5 Å². The number of carbonyl (C=O) groups excluding carboxylic acids is 1. The van der Waals surface area contributed by atoms with Gasteiger partial charge in [-0.3, -0.25) is 4.79 Å². The Balaban J connectivity index is 2.02. The summed E-state index contributed by atoms with van der Waals surface area (Å²) >= 11 is 0. The summed E-state index contributed by atoms with van der Waals surface area (Å²) < 4.78 is 35.2. The lowest BCUT2D eigenvalue weighted by Gasteiger charge is -2.48. The molecule has 2 heterocycles. The summed E-state index contributed by atoms with van der Waals surface area (Å²) in [5.74, 6) is 0.791. The highest BCUT2D eigenvalue weighted by Crippen LogP contribution is 2.41. The number of hydrogen-bond acceptors (Lipinski definition) is 6. The number of carbonyl (C=O) groups is 1. The van der Waals surface area contributed by atoms with Gasteiger partial charge in [-0.25, -0.2) is 10.1 Å².